The van der Waals surface area contributed by atoms with Gasteiger partial charge in [0, 0.05) is 12.1 Å². The minimum absolute atomic E-state index is 0.0710. The molecule has 0 atom stereocenters. The number of ether oxygens (including phenoxy) is 1. The van der Waals surface area contributed by atoms with Gasteiger partial charge in [-0.05, 0) is 25.0 Å². The van der Waals surface area contributed by atoms with Gasteiger partial charge >= 0.3 is 0 Å². The normalized spacial score (nSPS) is 16.5. The molecule has 1 heterocycles. The van der Waals surface area contributed by atoms with Crippen molar-refractivity contribution < 1.29 is 9.53 Å². The van der Waals surface area contributed by atoms with Crippen LogP contribution < -0.4 is 10.1 Å². The van der Waals surface area contributed by atoms with Crippen LogP contribution in [0.4, 0.5) is 5.82 Å². The number of carbonyl (C=O) groups is 1. The highest BCUT2D eigenvalue weighted by Gasteiger charge is 2.22. The number of anilines is 1. The summed E-state index contributed by atoms with van der Waals surface area (Å²) in [5.41, 5.74) is 0. The average molecular weight is 234 g/mol. The number of methoxy groups -OCH3 is 1. The van der Waals surface area contributed by atoms with Gasteiger partial charge in [-0.1, -0.05) is 19.3 Å². The van der Waals surface area contributed by atoms with Gasteiger partial charge in [0.25, 0.3) is 0 Å². The molecule has 1 N–H and O–H groups in total. The predicted octanol–water partition coefficient (Wildman–Crippen LogP) is 2.61. The molecule has 0 unspecified atom stereocenters. The van der Waals surface area contributed by atoms with Gasteiger partial charge in [0.2, 0.25) is 5.91 Å². The number of pyridine rings is 1. The van der Waals surface area contributed by atoms with Crippen LogP contribution in [0, 0.1) is 5.92 Å². The summed E-state index contributed by atoms with van der Waals surface area (Å²) in [6, 6.07) is 3.58. The molecule has 0 aromatic carbocycles. The van der Waals surface area contributed by atoms with Gasteiger partial charge in [-0.3, -0.25) is 4.79 Å². The number of hydrogen-bond acceptors (Lipinski definition) is 3. The Morgan fingerprint density at radius 1 is 1.41 bits per heavy atom. The lowest BCUT2D eigenvalue weighted by molar-refractivity contribution is -0.120. The van der Waals surface area contributed by atoms with Crippen molar-refractivity contribution in [3.05, 3.63) is 18.3 Å². The van der Waals surface area contributed by atoms with Gasteiger partial charge in [-0.2, -0.15) is 0 Å². The third kappa shape index (κ3) is 2.96. The number of nitrogens with one attached hydrogen (secondary N) is 1. The maximum Gasteiger partial charge on any atom is 0.228 e. The van der Waals surface area contributed by atoms with E-state index in [0.29, 0.717) is 11.6 Å². The zero-order valence-electron chi connectivity index (χ0n) is 10.1. The quantitative estimate of drug-likeness (QED) is 0.874. The Morgan fingerprint density at radius 3 is 2.88 bits per heavy atom. The fourth-order valence-corrected chi connectivity index (χ4v) is 2.23. The van der Waals surface area contributed by atoms with E-state index in [0.717, 1.165) is 25.7 Å². The lowest BCUT2D eigenvalue weighted by Gasteiger charge is -2.20. The molecule has 4 heteroatoms. The summed E-state index contributed by atoms with van der Waals surface area (Å²) < 4.78 is 5.16. The van der Waals surface area contributed by atoms with Crippen LogP contribution in [-0.4, -0.2) is 18.0 Å². The van der Waals surface area contributed by atoms with Gasteiger partial charge in [0.15, 0.2) is 11.6 Å². The van der Waals surface area contributed by atoms with Crippen LogP contribution in [0.3, 0.4) is 0 Å². The maximum atomic E-state index is 12.0. The molecule has 1 aromatic heterocycles. The maximum absolute atomic E-state index is 12.0. The van der Waals surface area contributed by atoms with E-state index in [-0.39, 0.29) is 11.8 Å². The number of carbonyl (C=O) groups excluding carboxylic acids is 1. The SMILES string of the molecule is COc1cccnc1NC(=O)C1CCCCC1. The Balaban J connectivity index is 2.01. The van der Waals surface area contributed by atoms with Crippen LogP contribution in [0.25, 0.3) is 0 Å². The van der Waals surface area contributed by atoms with E-state index in [1.54, 1.807) is 25.4 Å². The molecule has 4 nitrogen and oxygen atoms in total. The summed E-state index contributed by atoms with van der Waals surface area (Å²) >= 11 is 0. The summed E-state index contributed by atoms with van der Waals surface area (Å²) in [6.07, 6.45) is 7.17. The molecule has 1 aromatic rings. The average Bonchev–Trinajstić information content (AvgIpc) is 2.40. The highest BCUT2D eigenvalue weighted by Crippen LogP contribution is 2.26. The number of hydrogen-bond donors (Lipinski definition) is 1. The van der Waals surface area contributed by atoms with Crippen molar-refractivity contribution in [2.45, 2.75) is 32.1 Å². The van der Waals surface area contributed by atoms with E-state index >= 15 is 0 Å². The standard InChI is InChI=1S/C13H18N2O2/c1-17-11-8-5-9-14-12(11)15-13(16)10-6-3-2-4-7-10/h5,8-10H,2-4,6-7H2,1H3,(H,14,15,16). The Morgan fingerprint density at radius 2 is 2.18 bits per heavy atom. The fourth-order valence-electron chi connectivity index (χ4n) is 2.23. The number of aromatic nitrogens is 1. The molecule has 0 spiro atoms. The molecular formula is C13H18N2O2. The largest absolute Gasteiger partial charge is 0.493 e. The van der Waals surface area contributed by atoms with E-state index in [9.17, 15) is 4.79 Å². The molecule has 0 radical (unpaired) electrons. The van der Waals surface area contributed by atoms with Crippen molar-refractivity contribution in [3.8, 4) is 5.75 Å². The highest BCUT2D eigenvalue weighted by atomic mass is 16.5. The second-order valence-electron chi connectivity index (χ2n) is 4.38. The van der Waals surface area contributed by atoms with E-state index in [4.69, 9.17) is 4.74 Å². The van der Waals surface area contributed by atoms with Crippen LogP contribution in [0.2, 0.25) is 0 Å². The number of rotatable bonds is 3. The van der Waals surface area contributed by atoms with E-state index in [1.165, 1.54) is 6.42 Å². The fraction of sp³-hybridized carbons (Fsp3) is 0.538. The van der Waals surface area contributed by atoms with E-state index < -0.39 is 0 Å². The third-order valence-corrected chi connectivity index (χ3v) is 3.21. The molecule has 1 fully saturated rings. The lowest BCUT2D eigenvalue weighted by Crippen LogP contribution is -2.25. The second-order valence-corrected chi connectivity index (χ2v) is 4.38. The zero-order chi connectivity index (χ0) is 12.1. The molecule has 1 amide bonds. The summed E-state index contributed by atoms with van der Waals surface area (Å²) in [7, 11) is 1.58. The van der Waals surface area contributed by atoms with Crippen molar-refractivity contribution in [2.75, 3.05) is 12.4 Å². The van der Waals surface area contributed by atoms with Crippen LogP contribution in [0.1, 0.15) is 32.1 Å². The van der Waals surface area contributed by atoms with Gasteiger partial charge in [-0.15, -0.1) is 0 Å². The smallest absolute Gasteiger partial charge is 0.228 e. The Bertz CT molecular complexity index is 387. The van der Waals surface area contributed by atoms with Crippen LogP contribution in [0.5, 0.6) is 5.75 Å². The first-order valence-corrected chi connectivity index (χ1v) is 6.11. The van der Waals surface area contributed by atoms with Crippen LogP contribution in [0.15, 0.2) is 18.3 Å². The topological polar surface area (TPSA) is 51.2 Å². The number of amides is 1. The minimum atomic E-state index is 0.0710. The van der Waals surface area contributed by atoms with Crippen LogP contribution in [-0.2, 0) is 4.79 Å². The zero-order valence-corrected chi connectivity index (χ0v) is 10.1. The van der Waals surface area contributed by atoms with E-state index in [1.807, 2.05) is 0 Å². The van der Waals surface area contributed by atoms with Gasteiger partial charge < -0.3 is 10.1 Å². The molecule has 0 bridgehead atoms. The monoisotopic (exact) mass is 234 g/mol. The lowest BCUT2D eigenvalue weighted by atomic mass is 9.89. The first-order chi connectivity index (χ1) is 8.31. The molecule has 2 rings (SSSR count). The molecule has 17 heavy (non-hydrogen) atoms. The van der Waals surface area contributed by atoms with Crippen molar-refractivity contribution >= 4 is 11.7 Å². The molecule has 92 valence electrons. The predicted molar refractivity (Wildman–Crippen MR) is 66.0 cm³/mol. The molecule has 1 saturated carbocycles. The Hall–Kier alpha value is -1.58. The van der Waals surface area contributed by atoms with Crippen LogP contribution >= 0.6 is 0 Å². The molecule has 1 aliphatic rings. The summed E-state index contributed by atoms with van der Waals surface area (Å²) in [4.78, 5) is 16.2. The van der Waals surface area contributed by atoms with Crippen molar-refractivity contribution in [1.29, 1.82) is 0 Å². The van der Waals surface area contributed by atoms with Crippen molar-refractivity contribution in [1.82, 2.24) is 4.98 Å². The van der Waals surface area contributed by atoms with Gasteiger partial charge in [0.1, 0.15) is 0 Å². The summed E-state index contributed by atoms with van der Waals surface area (Å²) in [5, 5.41) is 2.86. The molecular weight excluding hydrogens is 216 g/mol. The summed E-state index contributed by atoms with van der Waals surface area (Å²) in [6.45, 7) is 0. The van der Waals surface area contributed by atoms with Crippen molar-refractivity contribution in [3.63, 3.8) is 0 Å². The number of nitrogens with zero attached hydrogens (tertiary/aromatic N) is 1. The third-order valence-electron chi connectivity index (χ3n) is 3.21. The van der Waals surface area contributed by atoms with Gasteiger partial charge in [0.05, 0.1) is 7.11 Å². The Kier molecular flexibility index (Phi) is 3.96. The summed E-state index contributed by atoms with van der Waals surface area (Å²) in [5.74, 6) is 1.33. The van der Waals surface area contributed by atoms with Gasteiger partial charge in [-0.25, -0.2) is 4.98 Å². The molecule has 0 aliphatic heterocycles. The van der Waals surface area contributed by atoms with E-state index in [2.05, 4.69) is 10.3 Å². The molecule has 0 saturated heterocycles. The molecule has 1 aliphatic carbocycles. The highest BCUT2D eigenvalue weighted by molar-refractivity contribution is 5.92. The second kappa shape index (κ2) is 5.66. The van der Waals surface area contributed by atoms with Crippen molar-refractivity contribution in [2.24, 2.45) is 5.92 Å². The first-order valence-electron chi connectivity index (χ1n) is 6.11. The first kappa shape index (κ1) is 11.9. The Labute approximate surface area is 101 Å². The minimum Gasteiger partial charge on any atom is -0.493 e.